The molecule has 2 atom stereocenters. The second-order valence-electron chi connectivity index (χ2n) is 6.42. The van der Waals surface area contributed by atoms with Crippen LogP contribution in [0.2, 0.25) is 0 Å². The number of aliphatic hydroxyl groups excluding tert-OH is 1. The Hall–Kier alpha value is -1.16. The van der Waals surface area contributed by atoms with Crippen LogP contribution in [0.15, 0.2) is 42.5 Å². The minimum atomic E-state index is -0.695. The zero-order valence-electron chi connectivity index (χ0n) is 14.1. The molecule has 3 heteroatoms. The third kappa shape index (κ3) is 6.86. The molecule has 126 valence electrons. The Morgan fingerprint density at radius 1 is 0.913 bits per heavy atom. The molecule has 0 saturated heterocycles. The molecule has 2 rings (SSSR count). The van der Waals surface area contributed by atoms with Gasteiger partial charge < -0.3 is 10.8 Å². The van der Waals surface area contributed by atoms with Gasteiger partial charge in [0.15, 0.2) is 0 Å². The largest absolute Gasteiger partial charge is 0.379 e. The Balaban J connectivity index is 1.61. The van der Waals surface area contributed by atoms with Crippen molar-refractivity contribution in [2.45, 2.75) is 58.1 Å². The van der Waals surface area contributed by atoms with Crippen LogP contribution in [0.4, 0.5) is 0 Å². The second kappa shape index (κ2) is 9.86. The number of thiophene rings is 1. The third-order valence-corrected chi connectivity index (χ3v) is 5.58. The summed E-state index contributed by atoms with van der Waals surface area (Å²) in [6, 6.07) is 15.2. The minimum Gasteiger partial charge on any atom is -0.379 e. The van der Waals surface area contributed by atoms with E-state index in [-0.39, 0.29) is 5.92 Å². The lowest BCUT2D eigenvalue weighted by Crippen LogP contribution is -2.27. The maximum absolute atomic E-state index is 9.33. The smallest absolute Gasteiger partial charge is 0.105 e. The Kier molecular flexibility index (Phi) is 7.80. The molecule has 3 N–H and O–H groups in total. The van der Waals surface area contributed by atoms with Gasteiger partial charge in [0.05, 0.1) is 0 Å². The number of rotatable bonds is 10. The maximum atomic E-state index is 9.33. The Morgan fingerprint density at radius 2 is 1.57 bits per heavy atom. The van der Waals surface area contributed by atoms with Gasteiger partial charge in [0, 0.05) is 9.75 Å². The van der Waals surface area contributed by atoms with Crippen molar-refractivity contribution in [1.29, 1.82) is 0 Å². The number of hydrogen-bond donors (Lipinski definition) is 2. The van der Waals surface area contributed by atoms with Gasteiger partial charge in [-0.2, -0.15) is 0 Å². The van der Waals surface area contributed by atoms with Crippen molar-refractivity contribution < 1.29 is 5.11 Å². The molecule has 0 bridgehead atoms. The quantitative estimate of drug-likeness (QED) is 0.495. The van der Waals surface area contributed by atoms with Gasteiger partial charge in [-0.25, -0.2) is 0 Å². The number of nitrogens with two attached hydrogens (primary N) is 1. The summed E-state index contributed by atoms with van der Waals surface area (Å²) in [7, 11) is 0. The van der Waals surface area contributed by atoms with Crippen molar-refractivity contribution in [1.82, 2.24) is 0 Å². The Bertz CT molecular complexity index is 550. The zero-order chi connectivity index (χ0) is 16.5. The van der Waals surface area contributed by atoms with Crippen LogP contribution in [-0.4, -0.2) is 11.3 Å². The number of unbranched alkanes of at least 4 members (excludes halogenated alkanes) is 2. The van der Waals surface area contributed by atoms with E-state index in [1.165, 1.54) is 47.4 Å². The summed E-state index contributed by atoms with van der Waals surface area (Å²) < 4.78 is 0. The van der Waals surface area contributed by atoms with Crippen molar-refractivity contribution in [3.05, 3.63) is 57.8 Å². The predicted octanol–water partition coefficient (Wildman–Crippen LogP) is 4.55. The Labute approximate surface area is 144 Å². The van der Waals surface area contributed by atoms with Crippen molar-refractivity contribution in [2.24, 2.45) is 11.7 Å². The lowest BCUT2D eigenvalue weighted by molar-refractivity contribution is 0.119. The van der Waals surface area contributed by atoms with Gasteiger partial charge in [-0.05, 0) is 62.1 Å². The van der Waals surface area contributed by atoms with Gasteiger partial charge in [0.25, 0.3) is 0 Å². The van der Waals surface area contributed by atoms with Gasteiger partial charge in [-0.15, -0.1) is 11.3 Å². The first kappa shape index (κ1) is 18.2. The number of hydrogen-bond acceptors (Lipinski definition) is 3. The molecule has 1 unspecified atom stereocenters. The molecule has 0 saturated carbocycles. The topological polar surface area (TPSA) is 46.2 Å². The molecule has 0 aliphatic carbocycles. The normalized spacial score (nSPS) is 13.9. The first-order valence-electron chi connectivity index (χ1n) is 8.70. The second-order valence-corrected chi connectivity index (χ2v) is 7.67. The summed E-state index contributed by atoms with van der Waals surface area (Å²) in [6.07, 6.45) is 7.49. The molecule has 23 heavy (non-hydrogen) atoms. The lowest BCUT2D eigenvalue weighted by Gasteiger charge is -2.13. The van der Waals surface area contributed by atoms with Crippen LogP contribution in [0.25, 0.3) is 0 Å². The molecule has 0 spiro atoms. The van der Waals surface area contributed by atoms with Crippen LogP contribution >= 0.6 is 11.3 Å². The van der Waals surface area contributed by atoms with E-state index < -0.39 is 6.23 Å². The highest BCUT2D eigenvalue weighted by Crippen LogP contribution is 2.22. The fourth-order valence-corrected chi connectivity index (χ4v) is 3.76. The van der Waals surface area contributed by atoms with E-state index in [1.807, 2.05) is 18.3 Å². The highest BCUT2D eigenvalue weighted by atomic mass is 32.1. The Morgan fingerprint density at radius 3 is 2.26 bits per heavy atom. The highest BCUT2D eigenvalue weighted by Gasteiger charge is 2.10. The molecule has 2 aromatic rings. The number of benzene rings is 1. The lowest BCUT2D eigenvalue weighted by atomic mass is 10.0. The number of aryl methyl sites for hydroxylation is 3. The van der Waals surface area contributed by atoms with Crippen LogP contribution in [0.5, 0.6) is 0 Å². The molecule has 0 radical (unpaired) electrons. The summed E-state index contributed by atoms with van der Waals surface area (Å²) in [6.45, 7) is 2.01. The average Bonchev–Trinajstić information content (AvgIpc) is 3.01. The fourth-order valence-electron chi connectivity index (χ4n) is 2.68. The van der Waals surface area contributed by atoms with Crippen LogP contribution in [0.1, 0.15) is 47.9 Å². The van der Waals surface area contributed by atoms with Crippen molar-refractivity contribution in [2.75, 3.05) is 0 Å². The van der Waals surface area contributed by atoms with E-state index in [2.05, 4.69) is 42.5 Å². The summed E-state index contributed by atoms with van der Waals surface area (Å²) in [4.78, 5) is 2.90. The first-order valence-corrected chi connectivity index (χ1v) is 9.52. The van der Waals surface area contributed by atoms with Gasteiger partial charge in [-0.3, -0.25) is 0 Å². The predicted molar refractivity (Wildman–Crippen MR) is 99.7 cm³/mol. The van der Waals surface area contributed by atoms with Crippen LogP contribution in [0, 0.1) is 5.92 Å². The molecule has 0 aliphatic heterocycles. The monoisotopic (exact) mass is 331 g/mol. The molecule has 2 nitrogen and oxygen atoms in total. The molecule has 1 aromatic heterocycles. The summed E-state index contributed by atoms with van der Waals surface area (Å²) in [5.74, 6) is 0.165. The molecule has 1 heterocycles. The molecule has 0 aliphatic rings. The molecular formula is C20H29NOS. The molecule has 0 amide bonds. The SMILES string of the molecule is C[C@H](CCc1ccc(CCCCCc2ccccc2)s1)C(N)O. The van der Waals surface area contributed by atoms with Crippen molar-refractivity contribution >= 4 is 11.3 Å². The standard InChI is InChI=1S/C20H29NOS/c1-16(20(21)22)12-13-19-15-14-18(23-19)11-7-3-6-10-17-8-4-2-5-9-17/h2,4-5,8-9,14-16,20,22H,3,6-7,10-13,21H2,1H3/t16-,20?/m1/s1. The zero-order valence-corrected chi connectivity index (χ0v) is 14.9. The van der Waals surface area contributed by atoms with Crippen molar-refractivity contribution in [3.8, 4) is 0 Å². The van der Waals surface area contributed by atoms with Crippen LogP contribution in [0.3, 0.4) is 0 Å². The maximum Gasteiger partial charge on any atom is 0.105 e. The molecular weight excluding hydrogens is 302 g/mol. The molecule has 1 aromatic carbocycles. The van der Waals surface area contributed by atoms with Gasteiger partial charge in [0.2, 0.25) is 0 Å². The van der Waals surface area contributed by atoms with Crippen LogP contribution < -0.4 is 5.73 Å². The van der Waals surface area contributed by atoms with E-state index >= 15 is 0 Å². The summed E-state index contributed by atoms with van der Waals surface area (Å²) in [5.41, 5.74) is 6.95. The molecule has 0 fully saturated rings. The van der Waals surface area contributed by atoms with E-state index in [9.17, 15) is 5.11 Å². The summed E-state index contributed by atoms with van der Waals surface area (Å²) in [5, 5.41) is 9.33. The van der Waals surface area contributed by atoms with Gasteiger partial charge in [0.1, 0.15) is 6.23 Å². The first-order chi connectivity index (χ1) is 11.1. The average molecular weight is 332 g/mol. The van der Waals surface area contributed by atoms with E-state index in [1.54, 1.807) is 0 Å². The fraction of sp³-hybridized carbons (Fsp3) is 0.500. The highest BCUT2D eigenvalue weighted by molar-refractivity contribution is 7.11. The number of aliphatic hydroxyl groups is 1. The minimum absolute atomic E-state index is 0.165. The third-order valence-electron chi connectivity index (χ3n) is 4.38. The van der Waals surface area contributed by atoms with Gasteiger partial charge in [-0.1, -0.05) is 43.7 Å². The van der Waals surface area contributed by atoms with Crippen molar-refractivity contribution in [3.63, 3.8) is 0 Å². The van der Waals surface area contributed by atoms with E-state index in [0.29, 0.717) is 0 Å². The van der Waals surface area contributed by atoms with Crippen LogP contribution in [-0.2, 0) is 19.3 Å². The van der Waals surface area contributed by atoms with E-state index in [0.717, 1.165) is 12.8 Å². The summed E-state index contributed by atoms with van der Waals surface area (Å²) >= 11 is 1.92. The van der Waals surface area contributed by atoms with Gasteiger partial charge >= 0.3 is 0 Å². The van der Waals surface area contributed by atoms with E-state index in [4.69, 9.17) is 5.73 Å².